The lowest BCUT2D eigenvalue weighted by atomic mass is 10.2. The van der Waals surface area contributed by atoms with Crippen LogP contribution in [0.3, 0.4) is 0 Å². The third kappa shape index (κ3) is 6.57. The van der Waals surface area contributed by atoms with Gasteiger partial charge in [-0.05, 0) is 25.0 Å². The van der Waals surface area contributed by atoms with E-state index < -0.39 is 0 Å². The number of rotatable bonds is 6. The van der Waals surface area contributed by atoms with Crippen molar-refractivity contribution in [1.82, 2.24) is 20.5 Å². The van der Waals surface area contributed by atoms with Crippen LogP contribution in [0.25, 0.3) is 0 Å². The first-order valence-corrected chi connectivity index (χ1v) is 9.93. The van der Waals surface area contributed by atoms with E-state index in [0.717, 1.165) is 36.9 Å². The van der Waals surface area contributed by atoms with Crippen molar-refractivity contribution in [2.75, 3.05) is 32.6 Å². The molecule has 0 saturated carbocycles. The van der Waals surface area contributed by atoms with E-state index in [1.807, 2.05) is 38.3 Å². The number of halogens is 1. The average Bonchev–Trinajstić information content (AvgIpc) is 3.04. The predicted molar refractivity (Wildman–Crippen MR) is 132 cm³/mol. The first-order valence-electron chi connectivity index (χ1n) is 9.93. The Bertz CT molecular complexity index is 780. The molecule has 3 rings (SSSR count). The summed E-state index contributed by atoms with van der Waals surface area (Å²) >= 11 is 0. The van der Waals surface area contributed by atoms with Crippen molar-refractivity contribution in [3.63, 3.8) is 0 Å². The van der Waals surface area contributed by atoms with Crippen LogP contribution in [-0.4, -0.2) is 55.6 Å². The normalized spacial score (nSPS) is 19.5. The summed E-state index contributed by atoms with van der Waals surface area (Å²) in [5.41, 5.74) is 2.52. The number of hydrogen-bond acceptors (Lipinski definition) is 4. The molecule has 1 saturated heterocycles. The Morgan fingerprint density at radius 3 is 2.66 bits per heavy atom. The van der Waals surface area contributed by atoms with Gasteiger partial charge in [0.05, 0.1) is 0 Å². The minimum Gasteiger partial charge on any atom is -0.362 e. The maximum atomic E-state index is 4.46. The van der Waals surface area contributed by atoms with Gasteiger partial charge in [-0.25, -0.2) is 4.98 Å². The third-order valence-corrected chi connectivity index (χ3v) is 5.23. The number of nitrogens with zero attached hydrogens (tertiary/aromatic N) is 4. The molecule has 1 aromatic carbocycles. The monoisotopic (exact) mass is 508 g/mol. The SMILES string of the molecule is CN=C(NCc1cccnc1N(C)C)NC1CC(C)N(Cc2ccccc2)C1.I. The van der Waals surface area contributed by atoms with Crippen LogP contribution in [-0.2, 0) is 13.1 Å². The van der Waals surface area contributed by atoms with Gasteiger partial charge in [-0.15, -0.1) is 24.0 Å². The number of hydrogen-bond donors (Lipinski definition) is 2. The number of likely N-dealkylation sites (tertiary alicyclic amines) is 1. The molecule has 6 nitrogen and oxygen atoms in total. The van der Waals surface area contributed by atoms with E-state index in [-0.39, 0.29) is 24.0 Å². The second-order valence-electron chi connectivity index (χ2n) is 7.65. The molecule has 29 heavy (non-hydrogen) atoms. The predicted octanol–water partition coefficient (Wildman–Crippen LogP) is 3.09. The van der Waals surface area contributed by atoms with Gasteiger partial charge < -0.3 is 15.5 Å². The van der Waals surface area contributed by atoms with Crippen LogP contribution in [0.1, 0.15) is 24.5 Å². The van der Waals surface area contributed by atoms with Gasteiger partial charge in [0.25, 0.3) is 0 Å². The Balaban J connectivity index is 0.00000300. The number of pyridine rings is 1. The Kier molecular flexibility index (Phi) is 9.16. The lowest BCUT2D eigenvalue weighted by molar-refractivity contribution is 0.258. The molecule has 2 unspecified atom stereocenters. The van der Waals surface area contributed by atoms with Gasteiger partial charge in [-0.2, -0.15) is 0 Å². The van der Waals surface area contributed by atoms with Crippen LogP contribution in [0.5, 0.6) is 0 Å². The van der Waals surface area contributed by atoms with Crippen molar-refractivity contribution < 1.29 is 0 Å². The highest BCUT2D eigenvalue weighted by atomic mass is 127. The number of benzene rings is 1. The van der Waals surface area contributed by atoms with Crippen molar-refractivity contribution in [3.05, 3.63) is 59.8 Å². The van der Waals surface area contributed by atoms with Crippen LogP contribution in [0.4, 0.5) is 5.82 Å². The maximum absolute atomic E-state index is 4.46. The lowest BCUT2D eigenvalue weighted by Crippen LogP contribution is -2.44. The Morgan fingerprint density at radius 1 is 1.21 bits per heavy atom. The largest absolute Gasteiger partial charge is 0.362 e. The highest BCUT2D eigenvalue weighted by molar-refractivity contribution is 14.0. The molecular weight excluding hydrogens is 475 g/mol. The van der Waals surface area contributed by atoms with Gasteiger partial charge in [0.1, 0.15) is 5.82 Å². The Labute approximate surface area is 191 Å². The molecule has 1 aliphatic heterocycles. The molecule has 0 aliphatic carbocycles. The van der Waals surface area contributed by atoms with Crippen LogP contribution in [0.2, 0.25) is 0 Å². The van der Waals surface area contributed by atoms with Crippen molar-refractivity contribution in [2.24, 2.45) is 4.99 Å². The standard InChI is InChI=1S/C22H32N6.HI/c1-17-13-20(16-28(17)15-18-9-6-5-7-10-18)26-22(23-2)25-14-19-11-8-12-24-21(19)27(3)4;/h5-12,17,20H,13-16H2,1-4H3,(H2,23,25,26);1H. The zero-order chi connectivity index (χ0) is 19.9. The second-order valence-corrected chi connectivity index (χ2v) is 7.65. The van der Waals surface area contributed by atoms with Gasteiger partial charge in [0.2, 0.25) is 0 Å². The van der Waals surface area contributed by atoms with E-state index in [4.69, 9.17) is 0 Å². The van der Waals surface area contributed by atoms with E-state index in [1.54, 1.807) is 0 Å². The highest BCUT2D eigenvalue weighted by Gasteiger charge is 2.29. The van der Waals surface area contributed by atoms with Gasteiger partial charge in [-0.1, -0.05) is 36.4 Å². The Hall–Kier alpha value is -1.87. The van der Waals surface area contributed by atoms with Crippen LogP contribution in [0.15, 0.2) is 53.7 Å². The summed E-state index contributed by atoms with van der Waals surface area (Å²) in [7, 11) is 5.85. The van der Waals surface area contributed by atoms with E-state index in [0.29, 0.717) is 18.6 Å². The molecule has 1 aromatic heterocycles. The number of guanidine groups is 1. The van der Waals surface area contributed by atoms with Crippen molar-refractivity contribution in [3.8, 4) is 0 Å². The zero-order valence-electron chi connectivity index (χ0n) is 17.8. The van der Waals surface area contributed by atoms with Crippen molar-refractivity contribution in [2.45, 2.75) is 38.5 Å². The van der Waals surface area contributed by atoms with Gasteiger partial charge in [0, 0.05) is 64.6 Å². The lowest BCUT2D eigenvalue weighted by Gasteiger charge is -2.21. The van der Waals surface area contributed by atoms with Crippen molar-refractivity contribution in [1.29, 1.82) is 0 Å². The highest BCUT2D eigenvalue weighted by Crippen LogP contribution is 2.20. The first kappa shape index (κ1) is 23.4. The van der Waals surface area contributed by atoms with Gasteiger partial charge >= 0.3 is 0 Å². The van der Waals surface area contributed by atoms with Crippen LogP contribution in [0, 0.1) is 0 Å². The average molecular weight is 508 g/mol. The summed E-state index contributed by atoms with van der Waals surface area (Å²) in [5.74, 6) is 1.82. The summed E-state index contributed by atoms with van der Waals surface area (Å²) in [6.45, 7) is 5.01. The number of aromatic nitrogens is 1. The fourth-order valence-corrected chi connectivity index (χ4v) is 3.78. The van der Waals surface area contributed by atoms with E-state index in [1.165, 1.54) is 5.56 Å². The van der Waals surface area contributed by atoms with E-state index in [2.05, 4.69) is 68.8 Å². The molecular formula is C22H33IN6. The fraction of sp³-hybridized carbons (Fsp3) is 0.455. The van der Waals surface area contributed by atoms with Crippen LogP contribution < -0.4 is 15.5 Å². The summed E-state index contributed by atoms with van der Waals surface area (Å²) in [6.07, 6.45) is 2.94. The van der Waals surface area contributed by atoms with Gasteiger partial charge in [0.15, 0.2) is 5.96 Å². The quantitative estimate of drug-likeness (QED) is 0.357. The maximum Gasteiger partial charge on any atom is 0.191 e. The first-order chi connectivity index (χ1) is 13.6. The number of aliphatic imine (C=N–C) groups is 1. The molecule has 0 amide bonds. The van der Waals surface area contributed by atoms with E-state index >= 15 is 0 Å². The Morgan fingerprint density at radius 2 is 1.97 bits per heavy atom. The molecule has 2 atom stereocenters. The molecule has 1 fully saturated rings. The van der Waals surface area contributed by atoms with E-state index in [9.17, 15) is 0 Å². The molecule has 2 N–H and O–H groups in total. The molecule has 0 spiro atoms. The second kappa shape index (κ2) is 11.3. The van der Waals surface area contributed by atoms with Crippen LogP contribution >= 0.6 is 24.0 Å². The topological polar surface area (TPSA) is 55.8 Å². The molecule has 0 bridgehead atoms. The summed E-state index contributed by atoms with van der Waals surface area (Å²) < 4.78 is 0. The molecule has 2 aromatic rings. The fourth-order valence-electron chi connectivity index (χ4n) is 3.78. The molecule has 0 radical (unpaired) electrons. The smallest absolute Gasteiger partial charge is 0.191 e. The molecule has 158 valence electrons. The number of anilines is 1. The summed E-state index contributed by atoms with van der Waals surface area (Å²) in [4.78, 5) is 13.4. The molecule has 1 aliphatic rings. The summed E-state index contributed by atoms with van der Waals surface area (Å²) in [6, 6.07) is 15.7. The number of nitrogens with one attached hydrogen (secondary N) is 2. The minimum atomic E-state index is 0. The molecule has 2 heterocycles. The van der Waals surface area contributed by atoms with Gasteiger partial charge in [-0.3, -0.25) is 9.89 Å². The minimum absolute atomic E-state index is 0. The molecule has 7 heteroatoms. The third-order valence-electron chi connectivity index (χ3n) is 5.23. The summed E-state index contributed by atoms with van der Waals surface area (Å²) in [5, 5.41) is 7.03. The zero-order valence-corrected chi connectivity index (χ0v) is 20.1. The van der Waals surface area contributed by atoms with Crippen molar-refractivity contribution >= 4 is 35.8 Å².